The smallest absolute Gasteiger partial charge is 0.243 e. The van der Waals surface area contributed by atoms with Gasteiger partial charge in [-0.25, -0.2) is 9.97 Å². The van der Waals surface area contributed by atoms with Crippen LogP contribution in [0.3, 0.4) is 0 Å². The zero-order valence-corrected chi connectivity index (χ0v) is 16.8. The first-order valence-electron chi connectivity index (χ1n) is 9.61. The number of carbonyl (C=O) groups excluding carboxylic acids is 1. The van der Waals surface area contributed by atoms with Gasteiger partial charge in [-0.1, -0.05) is 13.8 Å². The quantitative estimate of drug-likeness (QED) is 0.831. The number of fused-ring (bicyclic) bond motifs is 1. The molecule has 0 spiro atoms. The van der Waals surface area contributed by atoms with Crippen LogP contribution < -0.4 is 5.32 Å². The molecule has 1 aliphatic carbocycles. The zero-order valence-electron chi connectivity index (χ0n) is 16.8. The Kier molecular flexibility index (Phi) is 4.14. The standard InChI is InChI=1S/C19H29N7O/c1-12-14-15(21-11-22-16(14)24-23-12)20-8-13-9-26(10-18(13,2)3)17(27)19(6-7-19)25(4)5/h11,13H,6-10H2,1-5H3,(H2,20,21,22,23,24). The lowest BCUT2D eigenvalue weighted by Gasteiger charge is -2.29. The maximum Gasteiger partial charge on any atom is 0.243 e. The lowest BCUT2D eigenvalue weighted by atomic mass is 9.82. The first-order valence-corrected chi connectivity index (χ1v) is 9.61. The van der Waals surface area contributed by atoms with Crippen LogP contribution in [0.5, 0.6) is 0 Å². The van der Waals surface area contributed by atoms with Crippen LogP contribution in [0.25, 0.3) is 11.0 Å². The predicted octanol–water partition coefficient (Wildman–Crippen LogP) is 1.65. The van der Waals surface area contributed by atoms with E-state index < -0.39 is 0 Å². The molecule has 1 atom stereocenters. The molecule has 8 heteroatoms. The number of likely N-dealkylation sites (N-methyl/N-ethyl adjacent to an activating group) is 1. The first kappa shape index (κ1) is 18.2. The van der Waals surface area contributed by atoms with Gasteiger partial charge in [0.1, 0.15) is 17.7 Å². The molecule has 1 amide bonds. The number of aromatic amines is 1. The molecule has 27 heavy (non-hydrogen) atoms. The molecule has 1 aliphatic heterocycles. The van der Waals surface area contributed by atoms with Gasteiger partial charge in [-0.05, 0) is 39.3 Å². The maximum absolute atomic E-state index is 13.1. The minimum atomic E-state index is -0.259. The molecule has 2 aromatic heterocycles. The molecule has 0 aromatic carbocycles. The Bertz CT molecular complexity index is 868. The van der Waals surface area contributed by atoms with E-state index in [2.05, 4.69) is 49.1 Å². The average Bonchev–Trinajstić information content (AvgIpc) is 3.27. The van der Waals surface area contributed by atoms with Crippen LogP contribution in [0.1, 0.15) is 32.4 Å². The number of H-pyrrole nitrogens is 1. The SMILES string of the molecule is Cc1[nH]nc2ncnc(NCC3CN(C(=O)C4(N(C)C)CC4)CC3(C)C)c12. The summed E-state index contributed by atoms with van der Waals surface area (Å²) in [4.78, 5) is 25.9. The van der Waals surface area contributed by atoms with Gasteiger partial charge < -0.3 is 10.2 Å². The van der Waals surface area contributed by atoms with Gasteiger partial charge in [-0.3, -0.25) is 14.8 Å². The molecular formula is C19H29N7O. The second kappa shape index (κ2) is 6.15. The molecule has 0 bridgehead atoms. The van der Waals surface area contributed by atoms with Crippen LogP contribution in [-0.4, -0.2) is 75.1 Å². The van der Waals surface area contributed by atoms with E-state index in [-0.39, 0.29) is 16.9 Å². The van der Waals surface area contributed by atoms with Crippen LogP contribution >= 0.6 is 0 Å². The number of nitrogens with one attached hydrogen (secondary N) is 2. The van der Waals surface area contributed by atoms with E-state index in [1.807, 2.05) is 21.0 Å². The molecule has 2 N–H and O–H groups in total. The molecule has 4 rings (SSSR count). The normalized spacial score (nSPS) is 23.2. The van der Waals surface area contributed by atoms with Crippen LogP contribution in [0.2, 0.25) is 0 Å². The second-order valence-electron chi connectivity index (χ2n) is 8.95. The van der Waals surface area contributed by atoms with Crippen molar-refractivity contribution in [1.29, 1.82) is 0 Å². The highest BCUT2D eigenvalue weighted by Gasteiger charge is 2.56. The number of likely N-dealkylation sites (tertiary alicyclic amines) is 1. The fourth-order valence-corrected chi connectivity index (χ4v) is 4.31. The molecule has 0 radical (unpaired) electrons. The van der Waals surface area contributed by atoms with Crippen LogP contribution in [0.4, 0.5) is 5.82 Å². The number of aryl methyl sites for hydroxylation is 1. The van der Waals surface area contributed by atoms with Gasteiger partial charge in [0.25, 0.3) is 0 Å². The fourth-order valence-electron chi connectivity index (χ4n) is 4.31. The van der Waals surface area contributed by atoms with E-state index in [0.717, 1.165) is 49.4 Å². The second-order valence-corrected chi connectivity index (χ2v) is 8.95. The van der Waals surface area contributed by atoms with E-state index in [1.165, 1.54) is 6.33 Å². The summed E-state index contributed by atoms with van der Waals surface area (Å²) < 4.78 is 0. The molecule has 1 saturated heterocycles. The molecule has 2 fully saturated rings. The van der Waals surface area contributed by atoms with Gasteiger partial charge in [-0.15, -0.1) is 0 Å². The maximum atomic E-state index is 13.1. The summed E-state index contributed by atoms with van der Waals surface area (Å²) in [6.45, 7) is 8.83. The lowest BCUT2D eigenvalue weighted by molar-refractivity contribution is -0.137. The number of rotatable bonds is 5. The number of anilines is 1. The van der Waals surface area contributed by atoms with Gasteiger partial charge in [0.05, 0.1) is 5.39 Å². The van der Waals surface area contributed by atoms with Crippen molar-refractivity contribution in [1.82, 2.24) is 30.0 Å². The van der Waals surface area contributed by atoms with Crippen LogP contribution in [0, 0.1) is 18.3 Å². The van der Waals surface area contributed by atoms with Crippen molar-refractivity contribution in [2.75, 3.05) is 39.0 Å². The highest BCUT2D eigenvalue weighted by molar-refractivity contribution is 5.90. The number of carbonyl (C=O) groups is 1. The Labute approximate surface area is 159 Å². The van der Waals surface area contributed by atoms with Gasteiger partial charge in [0, 0.05) is 31.2 Å². The summed E-state index contributed by atoms with van der Waals surface area (Å²) in [6, 6.07) is 0. The van der Waals surface area contributed by atoms with E-state index in [9.17, 15) is 4.79 Å². The number of hydrogen-bond donors (Lipinski definition) is 2. The zero-order chi connectivity index (χ0) is 19.4. The number of hydrogen-bond acceptors (Lipinski definition) is 6. The highest BCUT2D eigenvalue weighted by atomic mass is 16.2. The number of nitrogens with zero attached hydrogens (tertiary/aromatic N) is 5. The number of amides is 1. The lowest BCUT2D eigenvalue weighted by Crippen LogP contribution is -2.47. The molecule has 2 aliphatic rings. The minimum Gasteiger partial charge on any atom is -0.369 e. The van der Waals surface area contributed by atoms with Crippen LogP contribution in [0.15, 0.2) is 6.33 Å². The summed E-state index contributed by atoms with van der Waals surface area (Å²) in [7, 11) is 4.03. The first-order chi connectivity index (χ1) is 12.7. The third-order valence-electron chi connectivity index (χ3n) is 6.46. The monoisotopic (exact) mass is 371 g/mol. The summed E-state index contributed by atoms with van der Waals surface area (Å²) in [5, 5.41) is 11.6. The molecule has 3 heterocycles. The summed E-state index contributed by atoms with van der Waals surface area (Å²) in [5.41, 5.74) is 1.43. The van der Waals surface area contributed by atoms with Crippen molar-refractivity contribution < 1.29 is 4.79 Å². The molecule has 1 saturated carbocycles. The third kappa shape index (κ3) is 2.96. The van der Waals surface area contributed by atoms with Crippen molar-refractivity contribution in [2.24, 2.45) is 11.3 Å². The van der Waals surface area contributed by atoms with E-state index in [4.69, 9.17) is 0 Å². The Balaban J connectivity index is 1.48. The molecule has 8 nitrogen and oxygen atoms in total. The largest absolute Gasteiger partial charge is 0.369 e. The number of aromatic nitrogens is 4. The predicted molar refractivity (Wildman–Crippen MR) is 104 cm³/mol. The van der Waals surface area contributed by atoms with Crippen molar-refractivity contribution in [3.05, 3.63) is 12.0 Å². The van der Waals surface area contributed by atoms with E-state index >= 15 is 0 Å². The molecular weight excluding hydrogens is 342 g/mol. The van der Waals surface area contributed by atoms with Crippen LogP contribution in [-0.2, 0) is 4.79 Å². The molecule has 146 valence electrons. The van der Waals surface area contributed by atoms with E-state index in [1.54, 1.807) is 0 Å². The summed E-state index contributed by atoms with van der Waals surface area (Å²) in [6.07, 6.45) is 3.48. The van der Waals surface area contributed by atoms with Gasteiger partial charge in [-0.2, -0.15) is 5.10 Å². The van der Waals surface area contributed by atoms with Gasteiger partial charge in [0.2, 0.25) is 5.91 Å². The van der Waals surface area contributed by atoms with Crippen molar-refractivity contribution in [3.63, 3.8) is 0 Å². The fraction of sp³-hybridized carbons (Fsp3) is 0.684. The Morgan fingerprint density at radius 2 is 2.11 bits per heavy atom. The van der Waals surface area contributed by atoms with Gasteiger partial charge in [0.15, 0.2) is 5.65 Å². The van der Waals surface area contributed by atoms with E-state index in [0.29, 0.717) is 11.6 Å². The molecule has 1 unspecified atom stereocenters. The average molecular weight is 371 g/mol. The Morgan fingerprint density at radius 1 is 1.37 bits per heavy atom. The van der Waals surface area contributed by atoms with Crippen molar-refractivity contribution in [3.8, 4) is 0 Å². The molecule has 2 aromatic rings. The summed E-state index contributed by atoms with van der Waals surface area (Å²) >= 11 is 0. The van der Waals surface area contributed by atoms with Crippen molar-refractivity contribution >= 4 is 22.8 Å². The summed E-state index contributed by atoms with van der Waals surface area (Å²) in [5.74, 6) is 1.45. The Morgan fingerprint density at radius 3 is 2.78 bits per heavy atom. The minimum absolute atomic E-state index is 0.0582. The third-order valence-corrected chi connectivity index (χ3v) is 6.46. The highest BCUT2D eigenvalue weighted by Crippen LogP contribution is 2.45. The topological polar surface area (TPSA) is 90.0 Å². The van der Waals surface area contributed by atoms with Crippen molar-refractivity contribution in [2.45, 2.75) is 39.2 Å². The Hall–Kier alpha value is -2.22. The van der Waals surface area contributed by atoms with Gasteiger partial charge >= 0.3 is 0 Å².